The molecule has 0 aliphatic heterocycles. The van der Waals surface area contributed by atoms with Gasteiger partial charge in [-0.25, -0.2) is 4.39 Å². The maximum atomic E-state index is 12.8. The fourth-order valence-corrected chi connectivity index (χ4v) is 2.43. The van der Waals surface area contributed by atoms with E-state index in [1.807, 2.05) is 12.1 Å². The number of rotatable bonds is 5. The second kappa shape index (κ2) is 6.46. The first-order valence-corrected chi connectivity index (χ1v) is 7.62. The van der Waals surface area contributed by atoms with Crippen molar-refractivity contribution in [2.45, 2.75) is 43.5 Å². The average Bonchev–Trinajstić information content (AvgIpc) is 2.83. The highest BCUT2D eigenvalue weighted by Gasteiger charge is 2.10. The molecule has 0 radical (unpaired) electrons. The normalized spacial score (nSPS) is 11.8. The first-order valence-electron chi connectivity index (χ1n) is 6.63. The van der Waals surface area contributed by atoms with Gasteiger partial charge in [0.25, 0.3) is 0 Å². The molecule has 0 saturated heterocycles. The average molecular weight is 293 g/mol. The maximum absolute atomic E-state index is 12.8. The van der Waals surface area contributed by atoms with Gasteiger partial charge in [-0.3, -0.25) is 0 Å². The molecular formula is C16H20FNOS. The lowest BCUT2D eigenvalue weighted by Gasteiger charge is -2.19. The third kappa shape index (κ3) is 5.02. The lowest BCUT2D eigenvalue weighted by molar-refractivity contribution is 0.382. The molecule has 0 saturated carbocycles. The van der Waals surface area contributed by atoms with Crippen molar-refractivity contribution in [2.24, 2.45) is 0 Å². The summed E-state index contributed by atoms with van der Waals surface area (Å²) in [5, 5.41) is 3.39. The number of thioether (sulfide) groups is 1. The zero-order valence-electron chi connectivity index (χ0n) is 12.1. The van der Waals surface area contributed by atoms with Gasteiger partial charge >= 0.3 is 0 Å². The molecule has 0 unspecified atom stereocenters. The molecule has 0 fully saturated rings. The van der Waals surface area contributed by atoms with Crippen LogP contribution in [0.15, 0.2) is 45.7 Å². The molecule has 0 aliphatic carbocycles. The summed E-state index contributed by atoms with van der Waals surface area (Å²) in [5.74, 6) is 2.42. The first kappa shape index (κ1) is 15.1. The summed E-state index contributed by atoms with van der Waals surface area (Å²) in [6, 6.07) is 10.5. The van der Waals surface area contributed by atoms with E-state index in [0.717, 1.165) is 28.7 Å². The van der Waals surface area contributed by atoms with Gasteiger partial charge in [0, 0.05) is 10.4 Å². The Kier molecular flexibility index (Phi) is 4.89. The fraction of sp³-hybridized carbons (Fsp3) is 0.375. The van der Waals surface area contributed by atoms with E-state index in [2.05, 4.69) is 26.1 Å². The molecule has 20 heavy (non-hydrogen) atoms. The summed E-state index contributed by atoms with van der Waals surface area (Å²) in [6.45, 7) is 7.11. The molecule has 4 heteroatoms. The van der Waals surface area contributed by atoms with E-state index in [9.17, 15) is 4.39 Å². The largest absolute Gasteiger partial charge is 0.464 e. The summed E-state index contributed by atoms with van der Waals surface area (Å²) in [4.78, 5) is 1.04. The van der Waals surface area contributed by atoms with Crippen LogP contribution in [0, 0.1) is 5.82 Å². The quantitative estimate of drug-likeness (QED) is 0.816. The van der Waals surface area contributed by atoms with Crippen molar-refractivity contribution in [1.82, 2.24) is 5.32 Å². The topological polar surface area (TPSA) is 25.2 Å². The second-order valence-electron chi connectivity index (χ2n) is 5.71. The molecular weight excluding hydrogens is 273 g/mol. The van der Waals surface area contributed by atoms with E-state index in [0.29, 0.717) is 0 Å². The van der Waals surface area contributed by atoms with E-state index in [1.54, 1.807) is 23.9 Å². The predicted octanol–water partition coefficient (Wildman–Crippen LogP) is 4.60. The van der Waals surface area contributed by atoms with Crippen LogP contribution in [0.2, 0.25) is 0 Å². The minimum absolute atomic E-state index is 0.0792. The van der Waals surface area contributed by atoms with Gasteiger partial charge in [-0.1, -0.05) is 0 Å². The molecule has 2 nitrogen and oxygen atoms in total. The van der Waals surface area contributed by atoms with E-state index in [1.165, 1.54) is 12.1 Å². The van der Waals surface area contributed by atoms with Crippen LogP contribution in [-0.2, 0) is 12.3 Å². The minimum atomic E-state index is -0.206. The Bertz CT molecular complexity index is 542. The summed E-state index contributed by atoms with van der Waals surface area (Å²) in [6.07, 6.45) is 0. The summed E-state index contributed by atoms with van der Waals surface area (Å²) in [7, 11) is 0. The summed E-state index contributed by atoms with van der Waals surface area (Å²) in [5.41, 5.74) is 0.0792. The molecule has 0 spiro atoms. The van der Waals surface area contributed by atoms with Gasteiger partial charge < -0.3 is 9.73 Å². The highest BCUT2D eigenvalue weighted by molar-refractivity contribution is 7.98. The smallest absolute Gasteiger partial charge is 0.123 e. The lowest BCUT2D eigenvalue weighted by Crippen LogP contribution is -2.34. The minimum Gasteiger partial charge on any atom is -0.464 e. The van der Waals surface area contributed by atoms with Gasteiger partial charge in [0.15, 0.2) is 0 Å². The highest BCUT2D eigenvalue weighted by atomic mass is 32.2. The molecule has 0 atom stereocenters. The summed E-state index contributed by atoms with van der Waals surface area (Å²) < 4.78 is 18.6. The van der Waals surface area contributed by atoms with Crippen molar-refractivity contribution in [1.29, 1.82) is 0 Å². The van der Waals surface area contributed by atoms with Crippen LogP contribution in [-0.4, -0.2) is 5.54 Å². The zero-order valence-corrected chi connectivity index (χ0v) is 12.9. The van der Waals surface area contributed by atoms with Crippen molar-refractivity contribution >= 4 is 11.8 Å². The Hall–Kier alpha value is -1.26. The monoisotopic (exact) mass is 293 g/mol. The lowest BCUT2D eigenvalue weighted by atomic mass is 10.1. The Morgan fingerprint density at radius 3 is 2.35 bits per heavy atom. The molecule has 1 aromatic carbocycles. The molecule has 1 heterocycles. The highest BCUT2D eigenvalue weighted by Crippen LogP contribution is 2.24. The number of furan rings is 1. The van der Waals surface area contributed by atoms with E-state index in [4.69, 9.17) is 4.42 Å². The molecule has 108 valence electrons. The van der Waals surface area contributed by atoms with Gasteiger partial charge in [-0.15, -0.1) is 11.8 Å². The number of hydrogen-bond acceptors (Lipinski definition) is 3. The predicted molar refractivity (Wildman–Crippen MR) is 81.3 cm³/mol. The molecule has 0 bridgehead atoms. The van der Waals surface area contributed by atoms with Crippen molar-refractivity contribution in [3.8, 4) is 0 Å². The van der Waals surface area contributed by atoms with Gasteiger partial charge in [0.1, 0.15) is 17.3 Å². The van der Waals surface area contributed by atoms with Crippen molar-refractivity contribution < 1.29 is 8.81 Å². The van der Waals surface area contributed by atoms with Gasteiger partial charge in [0.2, 0.25) is 0 Å². The van der Waals surface area contributed by atoms with Gasteiger partial charge in [-0.05, 0) is 57.2 Å². The number of nitrogens with one attached hydrogen (secondary N) is 1. The Morgan fingerprint density at radius 2 is 1.70 bits per heavy atom. The molecule has 0 aliphatic rings. The molecule has 0 amide bonds. The van der Waals surface area contributed by atoms with Crippen molar-refractivity contribution in [2.75, 3.05) is 0 Å². The Balaban J connectivity index is 1.85. The molecule has 1 aromatic heterocycles. The SMILES string of the molecule is CC(C)(C)NCc1ccc(CSc2ccc(F)cc2)o1. The van der Waals surface area contributed by atoms with Crippen LogP contribution in [0.1, 0.15) is 32.3 Å². The number of benzene rings is 1. The number of halogens is 1. The van der Waals surface area contributed by atoms with Crippen LogP contribution in [0.5, 0.6) is 0 Å². The zero-order chi connectivity index (χ0) is 14.6. The molecule has 2 rings (SSSR count). The first-order chi connectivity index (χ1) is 9.42. The molecule has 2 aromatic rings. The number of hydrogen-bond donors (Lipinski definition) is 1. The summed E-state index contributed by atoms with van der Waals surface area (Å²) >= 11 is 1.64. The third-order valence-electron chi connectivity index (χ3n) is 2.70. The molecule has 1 N–H and O–H groups in total. The van der Waals surface area contributed by atoms with Crippen LogP contribution in [0.4, 0.5) is 4.39 Å². The Labute approximate surface area is 123 Å². The van der Waals surface area contributed by atoms with Crippen molar-refractivity contribution in [3.63, 3.8) is 0 Å². The van der Waals surface area contributed by atoms with Crippen LogP contribution in [0.3, 0.4) is 0 Å². The maximum Gasteiger partial charge on any atom is 0.123 e. The van der Waals surface area contributed by atoms with Crippen LogP contribution >= 0.6 is 11.8 Å². The van der Waals surface area contributed by atoms with Gasteiger partial charge in [-0.2, -0.15) is 0 Å². The second-order valence-corrected chi connectivity index (χ2v) is 6.76. The fourth-order valence-electron chi connectivity index (χ4n) is 1.63. The Morgan fingerprint density at radius 1 is 1.05 bits per heavy atom. The van der Waals surface area contributed by atoms with Crippen LogP contribution in [0.25, 0.3) is 0 Å². The third-order valence-corrected chi connectivity index (χ3v) is 3.74. The van der Waals surface area contributed by atoms with E-state index >= 15 is 0 Å². The standard InChI is InChI=1S/C16H20FNOS/c1-16(2,3)18-10-13-6-7-14(19-13)11-20-15-8-4-12(17)5-9-15/h4-9,18H,10-11H2,1-3H3. The van der Waals surface area contributed by atoms with Gasteiger partial charge in [0.05, 0.1) is 12.3 Å². The van der Waals surface area contributed by atoms with Crippen LogP contribution < -0.4 is 5.32 Å². The van der Waals surface area contributed by atoms with Crippen molar-refractivity contribution in [3.05, 3.63) is 53.7 Å². The van der Waals surface area contributed by atoms with E-state index in [-0.39, 0.29) is 11.4 Å². The van der Waals surface area contributed by atoms with E-state index < -0.39 is 0 Å².